The molecule has 0 amide bonds. The van der Waals surface area contributed by atoms with Gasteiger partial charge in [-0.15, -0.1) is 0 Å². The summed E-state index contributed by atoms with van der Waals surface area (Å²) >= 11 is 6.09. The number of rotatable bonds is 6. The Hall–Kier alpha value is -2.80. The van der Waals surface area contributed by atoms with Crippen LogP contribution < -0.4 is 10.8 Å². The highest BCUT2D eigenvalue weighted by Gasteiger charge is 2.33. The third-order valence-corrected chi connectivity index (χ3v) is 9.27. The van der Waals surface area contributed by atoms with Crippen molar-refractivity contribution in [1.29, 1.82) is 0 Å². The first-order valence-electron chi connectivity index (χ1n) is 12.0. The number of aryl methyl sites for hydroxylation is 1. The molecule has 2 aromatic carbocycles. The molecule has 1 saturated heterocycles. The van der Waals surface area contributed by atoms with Crippen LogP contribution in [0.1, 0.15) is 22.5 Å². The molecule has 10 heteroatoms. The Kier molecular flexibility index (Phi) is 7.61. The Labute approximate surface area is 219 Å². The van der Waals surface area contributed by atoms with E-state index in [0.717, 1.165) is 48.8 Å². The number of benzene rings is 2. The van der Waals surface area contributed by atoms with Crippen LogP contribution in [0.15, 0.2) is 60.8 Å². The monoisotopic (exact) mass is 543 g/mol. The van der Waals surface area contributed by atoms with Gasteiger partial charge in [0.25, 0.3) is 0 Å². The van der Waals surface area contributed by atoms with Gasteiger partial charge in [-0.05, 0) is 42.5 Å². The van der Waals surface area contributed by atoms with Gasteiger partial charge in [-0.25, -0.2) is 9.97 Å². The van der Waals surface area contributed by atoms with Gasteiger partial charge >= 0.3 is 6.18 Å². The van der Waals surface area contributed by atoms with E-state index in [2.05, 4.69) is 44.5 Å². The number of nitrogens with one attached hydrogen (secondary N) is 1. The summed E-state index contributed by atoms with van der Waals surface area (Å²) in [5.41, 5.74) is 2.58. The van der Waals surface area contributed by atoms with Crippen LogP contribution >= 0.6 is 19.5 Å². The second kappa shape index (κ2) is 10.9. The second-order valence-electron chi connectivity index (χ2n) is 9.06. The van der Waals surface area contributed by atoms with Crippen molar-refractivity contribution in [3.05, 3.63) is 88.3 Å². The molecule has 2 aromatic heterocycles. The molecule has 0 unspecified atom stereocenters. The lowest BCUT2D eigenvalue weighted by atomic mass is 10.1. The Balaban J connectivity index is 1.33. The molecule has 0 radical (unpaired) electrons. The van der Waals surface area contributed by atoms with Crippen LogP contribution in [0.4, 0.5) is 19.0 Å². The lowest BCUT2D eigenvalue weighted by molar-refractivity contribution is -0.137. The summed E-state index contributed by atoms with van der Waals surface area (Å²) in [5.74, 6) is 1.12. The SMILES string of the molecule is Cc1nc(NCc2cccc(C(F)(F)F)c2Cl)c2cc(P3CCN(Cc4ccccc4)CC3)ncc2n1. The molecule has 0 atom stereocenters. The summed E-state index contributed by atoms with van der Waals surface area (Å²) in [7, 11) is -0.419. The average molecular weight is 544 g/mol. The lowest BCUT2D eigenvalue weighted by Gasteiger charge is -2.32. The molecule has 1 N–H and O–H groups in total. The third kappa shape index (κ3) is 6.03. The summed E-state index contributed by atoms with van der Waals surface area (Å²) in [5, 5.41) is 3.71. The van der Waals surface area contributed by atoms with Crippen LogP contribution in [0.2, 0.25) is 5.02 Å². The quantitative estimate of drug-likeness (QED) is 0.292. The molecule has 4 aromatic rings. The van der Waals surface area contributed by atoms with Crippen LogP contribution in [0.3, 0.4) is 0 Å². The minimum atomic E-state index is -4.51. The minimum Gasteiger partial charge on any atom is -0.365 e. The van der Waals surface area contributed by atoms with Crippen LogP contribution in [0, 0.1) is 6.92 Å². The van der Waals surface area contributed by atoms with Crippen molar-refractivity contribution in [3.63, 3.8) is 0 Å². The first-order chi connectivity index (χ1) is 17.8. The number of anilines is 1. The Morgan fingerprint density at radius 1 is 1.03 bits per heavy atom. The maximum atomic E-state index is 13.3. The van der Waals surface area contributed by atoms with Crippen LogP contribution in [0.5, 0.6) is 0 Å². The second-order valence-corrected chi connectivity index (χ2v) is 11.9. The van der Waals surface area contributed by atoms with Gasteiger partial charge in [0, 0.05) is 31.6 Å². The van der Waals surface area contributed by atoms with Gasteiger partial charge in [0.05, 0.1) is 27.7 Å². The van der Waals surface area contributed by atoms with E-state index >= 15 is 0 Å². The van der Waals surface area contributed by atoms with E-state index in [0.29, 0.717) is 22.7 Å². The van der Waals surface area contributed by atoms with Crippen molar-refractivity contribution in [2.24, 2.45) is 0 Å². The maximum absolute atomic E-state index is 13.3. The fourth-order valence-electron chi connectivity index (χ4n) is 4.54. The van der Waals surface area contributed by atoms with Crippen LogP contribution in [-0.2, 0) is 19.3 Å². The topological polar surface area (TPSA) is 53.9 Å². The number of fused-ring (bicyclic) bond motifs is 1. The Morgan fingerprint density at radius 3 is 2.51 bits per heavy atom. The van der Waals surface area contributed by atoms with Gasteiger partial charge in [0.15, 0.2) is 0 Å². The van der Waals surface area contributed by atoms with Crippen molar-refractivity contribution in [1.82, 2.24) is 19.9 Å². The molecule has 0 saturated carbocycles. The summed E-state index contributed by atoms with van der Waals surface area (Å²) < 4.78 is 39.8. The molecule has 1 aliphatic rings. The smallest absolute Gasteiger partial charge is 0.365 e. The number of pyridine rings is 1. The summed E-state index contributed by atoms with van der Waals surface area (Å²) in [6, 6.07) is 16.5. The number of nitrogens with zero attached hydrogens (tertiary/aromatic N) is 4. The van der Waals surface area contributed by atoms with Crippen molar-refractivity contribution in [2.45, 2.75) is 26.2 Å². The molecular weight excluding hydrogens is 518 g/mol. The van der Waals surface area contributed by atoms with Crippen molar-refractivity contribution in [2.75, 3.05) is 30.7 Å². The van der Waals surface area contributed by atoms with E-state index in [1.807, 2.05) is 12.1 Å². The summed E-state index contributed by atoms with van der Waals surface area (Å²) in [6.07, 6.45) is -0.600. The number of aromatic nitrogens is 3. The highest BCUT2D eigenvalue weighted by molar-refractivity contribution is 7.65. The standard InChI is InChI=1S/C27H26ClF3N5P/c1-18-34-23-16-32-24(37-12-10-36(11-13-37)17-19-6-3-2-4-7-19)14-21(23)26(35-18)33-15-20-8-5-9-22(25(20)28)27(29,30)31/h2-9,14,16H,10-13,15,17H2,1H3,(H,33,34,35). The van der Waals surface area contributed by atoms with E-state index < -0.39 is 19.7 Å². The van der Waals surface area contributed by atoms with Crippen molar-refractivity contribution in [3.8, 4) is 0 Å². The number of halogens is 4. The van der Waals surface area contributed by atoms with E-state index in [4.69, 9.17) is 16.6 Å². The van der Waals surface area contributed by atoms with Gasteiger partial charge in [0.2, 0.25) is 0 Å². The molecule has 0 bridgehead atoms. The average Bonchev–Trinajstić information content (AvgIpc) is 2.88. The predicted molar refractivity (Wildman–Crippen MR) is 144 cm³/mol. The fraction of sp³-hybridized carbons (Fsp3) is 0.296. The molecule has 5 rings (SSSR count). The van der Waals surface area contributed by atoms with E-state index in [1.54, 1.807) is 19.2 Å². The molecule has 192 valence electrons. The Bertz CT molecular complexity index is 1390. The predicted octanol–water partition coefficient (Wildman–Crippen LogP) is 6.24. The third-order valence-electron chi connectivity index (χ3n) is 6.46. The van der Waals surface area contributed by atoms with Crippen molar-refractivity contribution < 1.29 is 13.2 Å². The highest BCUT2D eigenvalue weighted by atomic mass is 35.5. The normalized spacial score (nSPS) is 15.3. The Morgan fingerprint density at radius 2 is 1.78 bits per heavy atom. The van der Waals surface area contributed by atoms with Gasteiger partial charge in [-0.3, -0.25) is 9.88 Å². The largest absolute Gasteiger partial charge is 0.417 e. The highest BCUT2D eigenvalue weighted by Crippen LogP contribution is 2.38. The number of hydrogen-bond donors (Lipinski definition) is 1. The van der Waals surface area contributed by atoms with Gasteiger partial charge in [-0.1, -0.05) is 62.0 Å². The molecular formula is C27H26ClF3N5P. The van der Waals surface area contributed by atoms with Gasteiger partial charge in [-0.2, -0.15) is 13.2 Å². The first-order valence-corrected chi connectivity index (χ1v) is 14.1. The van der Waals surface area contributed by atoms with Crippen LogP contribution in [0.25, 0.3) is 10.9 Å². The molecule has 5 nitrogen and oxygen atoms in total. The number of alkyl halides is 3. The van der Waals surface area contributed by atoms with Gasteiger partial charge < -0.3 is 5.32 Å². The minimum absolute atomic E-state index is 0.106. The fourth-order valence-corrected chi connectivity index (χ4v) is 7.10. The summed E-state index contributed by atoms with van der Waals surface area (Å²) in [4.78, 5) is 16.3. The molecule has 1 fully saturated rings. The first kappa shape index (κ1) is 25.8. The summed E-state index contributed by atoms with van der Waals surface area (Å²) in [6.45, 7) is 4.87. The molecule has 1 aliphatic heterocycles. The zero-order valence-electron chi connectivity index (χ0n) is 20.3. The van der Waals surface area contributed by atoms with E-state index in [1.165, 1.54) is 11.6 Å². The van der Waals surface area contributed by atoms with E-state index in [9.17, 15) is 13.2 Å². The van der Waals surface area contributed by atoms with Crippen molar-refractivity contribution >= 4 is 41.7 Å². The molecule has 37 heavy (non-hydrogen) atoms. The van der Waals surface area contributed by atoms with Gasteiger partial charge in [0.1, 0.15) is 11.6 Å². The van der Waals surface area contributed by atoms with E-state index in [-0.39, 0.29) is 11.6 Å². The zero-order chi connectivity index (χ0) is 26.0. The molecule has 0 aliphatic carbocycles. The molecule has 0 spiro atoms. The zero-order valence-corrected chi connectivity index (χ0v) is 21.9. The lowest BCUT2D eigenvalue weighted by Crippen LogP contribution is -2.35. The molecule has 3 heterocycles. The van der Waals surface area contributed by atoms with Crippen LogP contribution in [-0.4, -0.2) is 45.3 Å². The maximum Gasteiger partial charge on any atom is 0.417 e. The number of hydrogen-bond acceptors (Lipinski definition) is 5.